The van der Waals surface area contributed by atoms with Crippen LogP contribution in [0, 0.1) is 12.7 Å². The third kappa shape index (κ3) is 4.70. The number of aryl methyl sites for hydroxylation is 1. The number of nitrogens with one attached hydrogen (secondary N) is 2. The lowest BCUT2D eigenvalue weighted by Gasteiger charge is -2.20. The number of hydrogen-bond acceptors (Lipinski definition) is 6. The summed E-state index contributed by atoms with van der Waals surface area (Å²) in [7, 11) is 3.19. The van der Waals surface area contributed by atoms with Crippen LogP contribution < -0.4 is 15.7 Å². The first-order valence-corrected chi connectivity index (χ1v) is 10.4. The van der Waals surface area contributed by atoms with Crippen molar-refractivity contribution in [1.82, 2.24) is 25.6 Å². The fourth-order valence-corrected chi connectivity index (χ4v) is 3.90. The summed E-state index contributed by atoms with van der Waals surface area (Å²) < 4.78 is 15.1. The number of nitrogens with zero attached hydrogens (tertiary/aromatic N) is 4. The molecule has 1 aliphatic heterocycles. The molecule has 2 N–H and O–H groups in total. The van der Waals surface area contributed by atoms with Gasteiger partial charge in [0.25, 0.3) is 5.91 Å². The number of hydrogen-bond donors (Lipinski definition) is 2. The Hall–Kier alpha value is -3.79. The maximum Gasteiger partial charge on any atom is 0.293 e. The lowest BCUT2D eigenvalue weighted by Crippen LogP contribution is -2.32. The van der Waals surface area contributed by atoms with Gasteiger partial charge in [0.2, 0.25) is 5.91 Å². The van der Waals surface area contributed by atoms with Crippen LogP contribution in [0.2, 0.25) is 0 Å². The minimum Gasteiger partial charge on any atom is -0.365 e. The molecule has 0 spiro atoms. The van der Waals surface area contributed by atoms with E-state index < -0.39 is 11.8 Å². The van der Waals surface area contributed by atoms with E-state index in [1.807, 2.05) is 18.9 Å². The third-order valence-electron chi connectivity index (χ3n) is 5.85. The van der Waals surface area contributed by atoms with Gasteiger partial charge in [-0.25, -0.2) is 14.9 Å². The van der Waals surface area contributed by atoms with E-state index in [0.29, 0.717) is 25.2 Å². The predicted molar refractivity (Wildman–Crippen MR) is 119 cm³/mol. The van der Waals surface area contributed by atoms with Crippen LogP contribution in [0.3, 0.4) is 0 Å². The van der Waals surface area contributed by atoms with Crippen LogP contribution in [0.25, 0.3) is 0 Å². The van der Waals surface area contributed by atoms with Crippen molar-refractivity contribution < 1.29 is 18.8 Å². The molecule has 0 radical (unpaired) electrons. The van der Waals surface area contributed by atoms with Gasteiger partial charge in [0.15, 0.2) is 0 Å². The van der Waals surface area contributed by atoms with E-state index in [9.17, 15) is 14.0 Å². The Labute approximate surface area is 190 Å². The first kappa shape index (κ1) is 22.4. The summed E-state index contributed by atoms with van der Waals surface area (Å²) in [6, 6.07) is 7.85. The third-order valence-corrected chi connectivity index (χ3v) is 5.85. The smallest absolute Gasteiger partial charge is 0.293 e. The molecule has 2 aromatic heterocycles. The molecule has 1 aliphatic rings. The fraction of sp³-hybridized carbons (Fsp3) is 0.304. The molecule has 1 aromatic carbocycles. The van der Waals surface area contributed by atoms with E-state index in [0.717, 1.165) is 22.5 Å². The molecule has 172 valence electrons. The Morgan fingerprint density at radius 2 is 2.00 bits per heavy atom. The summed E-state index contributed by atoms with van der Waals surface area (Å²) in [6.45, 7) is 3.17. The molecule has 3 heterocycles. The number of rotatable bonds is 7. The summed E-state index contributed by atoms with van der Waals surface area (Å²) in [5.41, 5.74) is 6.67. The van der Waals surface area contributed by atoms with Gasteiger partial charge in [-0.1, -0.05) is 12.1 Å². The van der Waals surface area contributed by atoms with Crippen LogP contribution in [-0.4, -0.2) is 40.2 Å². The highest BCUT2D eigenvalue weighted by atomic mass is 19.1. The van der Waals surface area contributed by atoms with Crippen molar-refractivity contribution in [3.8, 4) is 0 Å². The summed E-state index contributed by atoms with van der Waals surface area (Å²) in [5.74, 6) is -1.47. The second-order valence-corrected chi connectivity index (χ2v) is 7.92. The quantitative estimate of drug-likeness (QED) is 0.532. The van der Waals surface area contributed by atoms with Crippen molar-refractivity contribution in [2.75, 3.05) is 18.6 Å². The van der Waals surface area contributed by atoms with Crippen molar-refractivity contribution in [3.05, 3.63) is 76.6 Å². The zero-order chi connectivity index (χ0) is 23.5. The zero-order valence-corrected chi connectivity index (χ0v) is 18.6. The molecule has 0 saturated heterocycles. The van der Waals surface area contributed by atoms with Crippen molar-refractivity contribution in [1.29, 1.82) is 0 Å². The molecule has 33 heavy (non-hydrogen) atoms. The summed E-state index contributed by atoms with van der Waals surface area (Å²) in [4.78, 5) is 36.3. The minimum atomic E-state index is -0.505. The van der Waals surface area contributed by atoms with Crippen molar-refractivity contribution in [3.63, 3.8) is 0 Å². The average Bonchev–Trinajstić information content (AvgIpc) is 3.33. The molecule has 9 nitrogen and oxygen atoms in total. The Balaban J connectivity index is 1.59. The largest absolute Gasteiger partial charge is 0.365 e. The Morgan fingerprint density at radius 1 is 1.24 bits per heavy atom. The monoisotopic (exact) mass is 452 g/mol. The van der Waals surface area contributed by atoms with Crippen molar-refractivity contribution >= 4 is 17.5 Å². The van der Waals surface area contributed by atoms with E-state index in [2.05, 4.69) is 20.9 Å². The van der Waals surface area contributed by atoms with Crippen molar-refractivity contribution in [2.45, 2.75) is 25.9 Å². The van der Waals surface area contributed by atoms with Gasteiger partial charge in [-0.15, -0.1) is 0 Å². The van der Waals surface area contributed by atoms with Gasteiger partial charge in [0.1, 0.15) is 11.5 Å². The molecule has 4 rings (SSSR count). The summed E-state index contributed by atoms with van der Waals surface area (Å²) in [6.07, 6.45) is 3.32. The molecule has 1 unspecified atom stereocenters. The number of anilines is 1. The number of hydroxylamine groups is 1. The fourth-order valence-electron chi connectivity index (χ4n) is 3.90. The standard InChI is InChI=1S/C23H25FN6O3/c1-14-16(10-27-29(14)2)9-26-22(31)19-13-30(12-15-4-6-17(24)7-5-15)21-11-25-20(8-18(19)21)23(32)28-33-3/h4-8,10-11,19H,9,12-13H2,1-3H3,(H,26,31)(H,28,32). The number of carbonyl (C=O) groups excluding carboxylic acids is 2. The molecular weight excluding hydrogens is 427 g/mol. The number of benzene rings is 1. The lowest BCUT2D eigenvalue weighted by atomic mass is 10.0. The van der Waals surface area contributed by atoms with Gasteiger partial charge in [-0.2, -0.15) is 5.10 Å². The van der Waals surface area contributed by atoms with E-state index >= 15 is 0 Å². The van der Waals surface area contributed by atoms with Crippen LogP contribution in [0.4, 0.5) is 10.1 Å². The van der Waals surface area contributed by atoms with E-state index in [1.165, 1.54) is 19.2 Å². The van der Waals surface area contributed by atoms with E-state index in [-0.39, 0.29) is 17.4 Å². The first-order valence-electron chi connectivity index (χ1n) is 10.4. The second-order valence-electron chi connectivity index (χ2n) is 7.92. The maximum atomic E-state index is 13.3. The predicted octanol–water partition coefficient (Wildman–Crippen LogP) is 1.97. The SMILES string of the molecule is CONC(=O)c1cc2c(cn1)N(Cc1ccc(F)cc1)CC2C(=O)NCc1cnn(C)c1C. The van der Waals surface area contributed by atoms with Gasteiger partial charge in [-0.05, 0) is 36.2 Å². The number of pyridine rings is 1. The summed E-state index contributed by atoms with van der Waals surface area (Å²) >= 11 is 0. The molecule has 10 heteroatoms. The van der Waals surface area contributed by atoms with Crippen LogP contribution in [0.1, 0.15) is 38.8 Å². The first-order chi connectivity index (χ1) is 15.9. The zero-order valence-electron chi connectivity index (χ0n) is 18.6. The maximum absolute atomic E-state index is 13.3. The summed E-state index contributed by atoms with van der Waals surface area (Å²) in [5, 5.41) is 7.19. The highest BCUT2D eigenvalue weighted by Gasteiger charge is 2.35. The molecule has 2 amide bonds. The molecule has 1 atom stereocenters. The lowest BCUT2D eigenvalue weighted by molar-refractivity contribution is -0.122. The van der Waals surface area contributed by atoms with Crippen LogP contribution >= 0.6 is 0 Å². The molecule has 0 aliphatic carbocycles. The van der Waals surface area contributed by atoms with E-state index in [4.69, 9.17) is 4.84 Å². The van der Waals surface area contributed by atoms with Gasteiger partial charge in [0, 0.05) is 37.9 Å². The highest BCUT2D eigenvalue weighted by molar-refractivity contribution is 5.94. The van der Waals surface area contributed by atoms with Gasteiger partial charge < -0.3 is 10.2 Å². The molecular formula is C23H25FN6O3. The Morgan fingerprint density at radius 3 is 2.67 bits per heavy atom. The number of fused-ring (bicyclic) bond motifs is 1. The normalized spacial score (nSPS) is 14.8. The second kappa shape index (κ2) is 9.37. The Kier molecular flexibility index (Phi) is 6.36. The van der Waals surface area contributed by atoms with Gasteiger partial charge in [0.05, 0.1) is 31.1 Å². The van der Waals surface area contributed by atoms with Crippen LogP contribution in [0.5, 0.6) is 0 Å². The topological polar surface area (TPSA) is 101 Å². The molecule has 0 bridgehead atoms. The average molecular weight is 452 g/mol. The molecule has 0 fully saturated rings. The van der Waals surface area contributed by atoms with Crippen molar-refractivity contribution in [2.24, 2.45) is 7.05 Å². The highest BCUT2D eigenvalue weighted by Crippen LogP contribution is 2.37. The van der Waals surface area contributed by atoms with Crippen LogP contribution in [0.15, 0.2) is 42.7 Å². The number of halogens is 1. The Bertz CT molecular complexity index is 1180. The molecule has 0 saturated carbocycles. The van der Waals surface area contributed by atoms with Crippen LogP contribution in [-0.2, 0) is 29.8 Å². The number of aromatic nitrogens is 3. The number of carbonyl (C=O) groups is 2. The van der Waals surface area contributed by atoms with Gasteiger partial charge in [-0.3, -0.25) is 19.1 Å². The van der Waals surface area contributed by atoms with E-state index in [1.54, 1.807) is 35.3 Å². The van der Waals surface area contributed by atoms with Gasteiger partial charge >= 0.3 is 0 Å². The minimum absolute atomic E-state index is 0.153. The molecule has 3 aromatic rings. The number of amides is 2.